The largest absolute Gasteiger partial charge is 0.361 e. The van der Waals surface area contributed by atoms with Gasteiger partial charge in [-0.05, 0) is 35.7 Å². The van der Waals surface area contributed by atoms with Gasteiger partial charge in [0.25, 0.3) is 5.56 Å². The molecule has 0 spiro atoms. The molecule has 0 fully saturated rings. The lowest BCUT2D eigenvalue weighted by molar-refractivity contribution is 0.627. The molecule has 5 aromatic rings. The Morgan fingerprint density at radius 1 is 1.12 bits per heavy atom. The third kappa shape index (κ3) is 3.67. The van der Waals surface area contributed by atoms with E-state index in [0.717, 1.165) is 21.0 Å². The number of benzene rings is 2. The summed E-state index contributed by atoms with van der Waals surface area (Å²) in [7, 11) is 3.01. The molecule has 3 heterocycles. The molecule has 0 amide bonds. The first-order valence-electron chi connectivity index (χ1n) is 10.7. The lowest BCUT2D eigenvalue weighted by Crippen LogP contribution is -2.37. The molecule has 0 aliphatic heterocycles. The Morgan fingerprint density at radius 2 is 1.91 bits per heavy atom. The standard InChI is InChI=1S/C24H22ClFN6O2/c1-30-21-20(22(33)31(2)24(30)34)32(13-14-7-8-18(26)17(25)11-14)23(29-21)27-10-9-15-12-28-19-6-4-3-5-16(15)19/h3-8,11-12,28H,9-10,13H2,1-2H3,(H,27,29). The fourth-order valence-corrected chi connectivity index (χ4v) is 4.41. The molecule has 0 aliphatic carbocycles. The number of aromatic amines is 1. The molecule has 2 N–H and O–H groups in total. The van der Waals surface area contributed by atoms with E-state index in [9.17, 15) is 14.0 Å². The van der Waals surface area contributed by atoms with Crippen LogP contribution >= 0.6 is 11.6 Å². The first kappa shape index (κ1) is 22.0. The summed E-state index contributed by atoms with van der Waals surface area (Å²) in [4.78, 5) is 33.3. The third-order valence-corrected chi connectivity index (χ3v) is 6.31. The number of para-hydroxylation sites is 1. The fraction of sp³-hybridized carbons (Fsp3) is 0.208. The molecule has 0 aliphatic rings. The number of halogens is 2. The number of fused-ring (bicyclic) bond motifs is 2. The van der Waals surface area contributed by atoms with E-state index in [-0.39, 0.29) is 22.7 Å². The normalized spacial score (nSPS) is 11.5. The highest BCUT2D eigenvalue weighted by molar-refractivity contribution is 6.30. The second-order valence-electron chi connectivity index (χ2n) is 8.18. The minimum Gasteiger partial charge on any atom is -0.361 e. The summed E-state index contributed by atoms with van der Waals surface area (Å²) in [5.41, 5.74) is 2.55. The third-order valence-electron chi connectivity index (χ3n) is 6.03. The van der Waals surface area contributed by atoms with Gasteiger partial charge in [0.2, 0.25) is 5.95 Å². The average molecular weight is 481 g/mol. The summed E-state index contributed by atoms with van der Waals surface area (Å²) in [6.45, 7) is 0.767. The molecule has 5 rings (SSSR count). The molecule has 0 unspecified atom stereocenters. The van der Waals surface area contributed by atoms with Crippen LogP contribution in [0.15, 0.2) is 58.3 Å². The van der Waals surface area contributed by atoms with Crippen molar-refractivity contribution < 1.29 is 4.39 Å². The molecular weight excluding hydrogens is 459 g/mol. The van der Waals surface area contributed by atoms with Gasteiger partial charge in [0.05, 0.1) is 11.6 Å². The van der Waals surface area contributed by atoms with Crippen LogP contribution in [0.25, 0.3) is 22.1 Å². The molecule has 0 radical (unpaired) electrons. The van der Waals surface area contributed by atoms with Gasteiger partial charge in [-0.3, -0.25) is 18.5 Å². The van der Waals surface area contributed by atoms with Crippen LogP contribution in [-0.4, -0.2) is 30.2 Å². The smallest absolute Gasteiger partial charge is 0.332 e. The minimum atomic E-state index is -0.517. The number of imidazole rings is 1. The van der Waals surface area contributed by atoms with Gasteiger partial charge < -0.3 is 10.3 Å². The van der Waals surface area contributed by atoms with Gasteiger partial charge in [-0.25, -0.2) is 9.18 Å². The number of nitrogens with one attached hydrogen (secondary N) is 2. The number of aryl methyl sites for hydroxylation is 1. The van der Waals surface area contributed by atoms with Gasteiger partial charge in [0.1, 0.15) is 5.82 Å². The first-order chi connectivity index (χ1) is 16.3. The number of nitrogens with zero attached hydrogens (tertiary/aromatic N) is 4. The van der Waals surface area contributed by atoms with Crippen LogP contribution in [0.5, 0.6) is 0 Å². The number of hydrogen-bond acceptors (Lipinski definition) is 4. The summed E-state index contributed by atoms with van der Waals surface area (Å²) < 4.78 is 17.8. The summed E-state index contributed by atoms with van der Waals surface area (Å²) in [5, 5.41) is 4.46. The highest BCUT2D eigenvalue weighted by Crippen LogP contribution is 2.22. The van der Waals surface area contributed by atoms with Crippen molar-refractivity contribution in [2.45, 2.75) is 13.0 Å². The van der Waals surface area contributed by atoms with Crippen LogP contribution < -0.4 is 16.6 Å². The lowest BCUT2D eigenvalue weighted by Gasteiger charge is -2.11. The zero-order valence-electron chi connectivity index (χ0n) is 18.6. The topological polar surface area (TPSA) is 89.6 Å². The second kappa shape index (κ2) is 8.49. The van der Waals surface area contributed by atoms with Crippen LogP contribution in [-0.2, 0) is 27.1 Å². The van der Waals surface area contributed by atoms with E-state index in [0.29, 0.717) is 24.5 Å². The Labute approximate surface area is 198 Å². The van der Waals surface area contributed by atoms with E-state index in [2.05, 4.69) is 21.4 Å². The quantitative estimate of drug-likeness (QED) is 0.390. The fourth-order valence-electron chi connectivity index (χ4n) is 4.20. The number of H-pyrrole nitrogens is 1. The zero-order valence-corrected chi connectivity index (χ0v) is 19.4. The number of rotatable bonds is 6. The number of anilines is 1. The molecular formula is C24H22ClFN6O2. The van der Waals surface area contributed by atoms with Gasteiger partial charge >= 0.3 is 5.69 Å². The van der Waals surface area contributed by atoms with Crippen molar-refractivity contribution in [2.24, 2.45) is 14.1 Å². The van der Waals surface area contributed by atoms with Gasteiger partial charge in [0, 0.05) is 37.7 Å². The summed E-state index contributed by atoms with van der Waals surface area (Å²) in [5.74, 6) is -0.0788. The molecule has 0 atom stereocenters. The summed E-state index contributed by atoms with van der Waals surface area (Å²) in [6, 6.07) is 12.5. The van der Waals surface area contributed by atoms with Crippen molar-refractivity contribution in [3.63, 3.8) is 0 Å². The van der Waals surface area contributed by atoms with Gasteiger partial charge in [0.15, 0.2) is 11.2 Å². The predicted octanol–water partition coefficient (Wildman–Crippen LogP) is 3.41. The predicted molar refractivity (Wildman–Crippen MR) is 131 cm³/mol. The molecule has 0 saturated carbocycles. The molecule has 34 heavy (non-hydrogen) atoms. The van der Waals surface area contributed by atoms with Crippen LogP contribution in [0.3, 0.4) is 0 Å². The number of hydrogen-bond donors (Lipinski definition) is 2. The van der Waals surface area contributed by atoms with E-state index < -0.39 is 17.1 Å². The van der Waals surface area contributed by atoms with Crippen molar-refractivity contribution in [2.75, 3.05) is 11.9 Å². The summed E-state index contributed by atoms with van der Waals surface area (Å²) >= 11 is 5.97. The van der Waals surface area contributed by atoms with E-state index in [1.165, 1.54) is 23.7 Å². The van der Waals surface area contributed by atoms with E-state index >= 15 is 0 Å². The molecule has 2 aromatic carbocycles. The Balaban J connectivity index is 1.54. The van der Waals surface area contributed by atoms with Crippen molar-refractivity contribution in [3.05, 3.63) is 91.5 Å². The van der Waals surface area contributed by atoms with Crippen molar-refractivity contribution >= 4 is 39.6 Å². The molecule has 3 aromatic heterocycles. The monoisotopic (exact) mass is 480 g/mol. The summed E-state index contributed by atoms with van der Waals surface area (Å²) in [6.07, 6.45) is 2.70. The molecule has 0 saturated heterocycles. The SMILES string of the molecule is Cn1c(=O)c2c(nc(NCCc3c[nH]c4ccccc34)n2Cc2ccc(F)c(Cl)c2)n(C)c1=O. The maximum atomic E-state index is 13.7. The maximum absolute atomic E-state index is 13.7. The minimum absolute atomic E-state index is 0.00364. The van der Waals surface area contributed by atoms with Gasteiger partial charge in [-0.15, -0.1) is 0 Å². The maximum Gasteiger partial charge on any atom is 0.332 e. The molecule has 174 valence electrons. The van der Waals surface area contributed by atoms with E-state index in [1.54, 1.807) is 17.7 Å². The van der Waals surface area contributed by atoms with Gasteiger partial charge in [-0.1, -0.05) is 35.9 Å². The molecule has 0 bridgehead atoms. The van der Waals surface area contributed by atoms with Crippen molar-refractivity contribution in [1.82, 2.24) is 23.7 Å². The Bertz CT molecular complexity index is 1660. The van der Waals surface area contributed by atoms with Crippen LogP contribution in [0.2, 0.25) is 5.02 Å². The Kier molecular flexibility index (Phi) is 5.49. The van der Waals surface area contributed by atoms with Crippen molar-refractivity contribution in [1.29, 1.82) is 0 Å². The first-order valence-corrected chi connectivity index (χ1v) is 11.1. The highest BCUT2D eigenvalue weighted by atomic mass is 35.5. The average Bonchev–Trinajstić information content (AvgIpc) is 3.41. The van der Waals surface area contributed by atoms with E-state index in [4.69, 9.17) is 11.6 Å². The van der Waals surface area contributed by atoms with Crippen LogP contribution in [0.4, 0.5) is 10.3 Å². The lowest BCUT2D eigenvalue weighted by atomic mass is 10.1. The highest BCUT2D eigenvalue weighted by Gasteiger charge is 2.19. The Morgan fingerprint density at radius 3 is 2.71 bits per heavy atom. The second-order valence-corrected chi connectivity index (χ2v) is 8.59. The van der Waals surface area contributed by atoms with Crippen molar-refractivity contribution in [3.8, 4) is 0 Å². The zero-order chi connectivity index (χ0) is 24.0. The van der Waals surface area contributed by atoms with Crippen LogP contribution in [0.1, 0.15) is 11.1 Å². The Hall–Kier alpha value is -3.85. The number of aromatic nitrogens is 5. The van der Waals surface area contributed by atoms with E-state index in [1.807, 2.05) is 24.4 Å². The molecule has 10 heteroatoms. The van der Waals surface area contributed by atoms with Gasteiger partial charge in [-0.2, -0.15) is 4.98 Å². The molecule has 8 nitrogen and oxygen atoms in total. The van der Waals surface area contributed by atoms with Crippen LogP contribution in [0, 0.1) is 5.82 Å².